The van der Waals surface area contributed by atoms with Gasteiger partial charge in [0.05, 0.1) is 17.3 Å². The Morgan fingerprint density at radius 1 is 1.27 bits per heavy atom. The third kappa shape index (κ3) is 3.70. The molecular weight excluding hydrogens is 306 g/mol. The maximum atomic E-state index is 12.2. The predicted molar refractivity (Wildman–Crippen MR) is 83.5 cm³/mol. The molecule has 0 aliphatic heterocycles. The van der Waals surface area contributed by atoms with Crippen LogP contribution in [0.4, 0.5) is 11.5 Å². The minimum absolute atomic E-state index is 0.00976. The average Bonchev–Trinajstić information content (AvgIpc) is 2.49. The molecule has 0 saturated carbocycles. The van der Waals surface area contributed by atoms with Crippen molar-refractivity contribution in [3.05, 3.63) is 47.4 Å². The number of anilines is 2. The lowest BCUT2D eigenvalue weighted by Crippen LogP contribution is -2.35. The normalized spacial score (nSPS) is 10.1. The molecule has 0 atom stereocenters. The van der Waals surface area contributed by atoms with Gasteiger partial charge in [0, 0.05) is 19.4 Å². The molecule has 0 fully saturated rings. The molecule has 1 aromatic carbocycles. The van der Waals surface area contributed by atoms with Gasteiger partial charge in [0.25, 0.3) is 5.91 Å². The summed E-state index contributed by atoms with van der Waals surface area (Å²) in [4.78, 5) is 33.0. The standard InChI is InChI=1S/C14H14ClN5O2/c1-20(14(22)12-13(16)18-7-6-17-12)8-11(21)19-10-5-3-2-4-9(10)15/h2-7H,8H2,1H3,(H2,16,18)(H,19,21). The van der Waals surface area contributed by atoms with Crippen molar-refractivity contribution in [3.8, 4) is 0 Å². The van der Waals surface area contributed by atoms with E-state index in [4.69, 9.17) is 17.3 Å². The highest BCUT2D eigenvalue weighted by molar-refractivity contribution is 6.33. The molecule has 0 aliphatic rings. The maximum Gasteiger partial charge on any atom is 0.276 e. The highest BCUT2D eigenvalue weighted by Gasteiger charge is 2.19. The number of benzene rings is 1. The van der Waals surface area contributed by atoms with Crippen LogP contribution in [0.1, 0.15) is 10.5 Å². The summed E-state index contributed by atoms with van der Waals surface area (Å²) < 4.78 is 0. The van der Waals surface area contributed by atoms with Crippen molar-refractivity contribution >= 4 is 34.9 Å². The number of para-hydroxylation sites is 1. The monoisotopic (exact) mass is 319 g/mol. The molecule has 2 rings (SSSR count). The Kier molecular flexibility index (Phi) is 4.90. The summed E-state index contributed by atoms with van der Waals surface area (Å²) in [6.45, 7) is -0.167. The van der Waals surface area contributed by atoms with Crippen LogP contribution in [-0.2, 0) is 4.79 Å². The topological polar surface area (TPSA) is 101 Å². The molecule has 1 aromatic heterocycles. The minimum Gasteiger partial charge on any atom is -0.382 e. The lowest BCUT2D eigenvalue weighted by molar-refractivity contribution is -0.116. The molecule has 0 bridgehead atoms. The molecule has 114 valence electrons. The molecule has 3 N–H and O–H groups in total. The number of hydrogen-bond acceptors (Lipinski definition) is 5. The van der Waals surface area contributed by atoms with Crippen molar-refractivity contribution in [2.24, 2.45) is 0 Å². The molecule has 8 heteroatoms. The zero-order chi connectivity index (χ0) is 16.1. The van der Waals surface area contributed by atoms with Gasteiger partial charge in [0.15, 0.2) is 11.5 Å². The number of nitrogens with two attached hydrogens (primary N) is 1. The van der Waals surface area contributed by atoms with Crippen molar-refractivity contribution in [2.75, 3.05) is 24.6 Å². The Bertz CT molecular complexity index is 707. The van der Waals surface area contributed by atoms with Crippen molar-refractivity contribution in [1.29, 1.82) is 0 Å². The molecule has 0 spiro atoms. The minimum atomic E-state index is -0.486. The van der Waals surface area contributed by atoms with Gasteiger partial charge in [-0.25, -0.2) is 9.97 Å². The number of carbonyl (C=O) groups excluding carboxylic acids is 2. The summed E-state index contributed by atoms with van der Waals surface area (Å²) in [7, 11) is 1.47. The van der Waals surface area contributed by atoms with Gasteiger partial charge < -0.3 is 16.0 Å². The Morgan fingerprint density at radius 3 is 2.64 bits per heavy atom. The molecule has 0 aliphatic carbocycles. The van der Waals surface area contributed by atoms with Gasteiger partial charge in [0.2, 0.25) is 5.91 Å². The number of aromatic nitrogens is 2. The van der Waals surface area contributed by atoms with Crippen molar-refractivity contribution in [1.82, 2.24) is 14.9 Å². The van der Waals surface area contributed by atoms with Gasteiger partial charge in [-0.15, -0.1) is 0 Å². The van der Waals surface area contributed by atoms with E-state index in [1.165, 1.54) is 24.3 Å². The lowest BCUT2D eigenvalue weighted by atomic mass is 10.3. The summed E-state index contributed by atoms with van der Waals surface area (Å²) in [6, 6.07) is 6.83. The van der Waals surface area contributed by atoms with Crippen LogP contribution in [0.25, 0.3) is 0 Å². The smallest absolute Gasteiger partial charge is 0.276 e. The van der Waals surface area contributed by atoms with E-state index in [1.807, 2.05) is 0 Å². The van der Waals surface area contributed by atoms with Crippen molar-refractivity contribution in [3.63, 3.8) is 0 Å². The summed E-state index contributed by atoms with van der Waals surface area (Å²) in [5.74, 6) is -0.850. The van der Waals surface area contributed by atoms with Gasteiger partial charge in [-0.05, 0) is 12.1 Å². The summed E-state index contributed by atoms with van der Waals surface area (Å²) in [5, 5.41) is 3.05. The second-order valence-corrected chi connectivity index (χ2v) is 4.89. The third-order valence-electron chi connectivity index (χ3n) is 2.80. The van der Waals surface area contributed by atoms with Crippen LogP contribution < -0.4 is 11.1 Å². The first kappa shape index (κ1) is 15.7. The quantitative estimate of drug-likeness (QED) is 0.887. The van der Waals surface area contributed by atoms with Crippen LogP contribution in [0.3, 0.4) is 0 Å². The number of amides is 2. The molecule has 7 nitrogen and oxygen atoms in total. The molecule has 0 radical (unpaired) electrons. The summed E-state index contributed by atoms with van der Waals surface area (Å²) in [5.41, 5.74) is 6.08. The van der Waals surface area contributed by atoms with Crippen molar-refractivity contribution in [2.45, 2.75) is 0 Å². The van der Waals surface area contributed by atoms with E-state index in [2.05, 4.69) is 15.3 Å². The number of carbonyl (C=O) groups is 2. The Balaban J connectivity index is 2.01. The predicted octanol–water partition coefficient (Wildman–Crippen LogP) is 1.42. The van der Waals surface area contributed by atoms with Crippen LogP contribution in [-0.4, -0.2) is 40.3 Å². The fourth-order valence-electron chi connectivity index (χ4n) is 1.73. The van der Waals surface area contributed by atoms with Crippen molar-refractivity contribution < 1.29 is 9.59 Å². The fourth-order valence-corrected chi connectivity index (χ4v) is 1.92. The second-order valence-electron chi connectivity index (χ2n) is 4.48. The van der Waals surface area contributed by atoms with E-state index in [0.29, 0.717) is 10.7 Å². The van der Waals surface area contributed by atoms with Gasteiger partial charge in [-0.3, -0.25) is 9.59 Å². The highest BCUT2D eigenvalue weighted by Crippen LogP contribution is 2.20. The number of halogens is 1. The number of nitrogens with zero attached hydrogens (tertiary/aromatic N) is 3. The maximum absolute atomic E-state index is 12.2. The third-order valence-corrected chi connectivity index (χ3v) is 3.13. The van der Waals surface area contributed by atoms with Crippen LogP contribution >= 0.6 is 11.6 Å². The molecule has 22 heavy (non-hydrogen) atoms. The first-order chi connectivity index (χ1) is 10.5. The van der Waals surface area contributed by atoms with E-state index in [0.717, 1.165) is 0 Å². The van der Waals surface area contributed by atoms with Crippen LogP contribution in [0.5, 0.6) is 0 Å². The number of nitrogen functional groups attached to an aromatic ring is 1. The van der Waals surface area contributed by atoms with Crippen LogP contribution in [0.2, 0.25) is 5.02 Å². The highest BCUT2D eigenvalue weighted by atomic mass is 35.5. The van der Waals surface area contributed by atoms with Gasteiger partial charge >= 0.3 is 0 Å². The molecular formula is C14H14ClN5O2. The largest absolute Gasteiger partial charge is 0.382 e. The summed E-state index contributed by atoms with van der Waals surface area (Å²) >= 11 is 5.95. The molecule has 2 aromatic rings. The van der Waals surface area contributed by atoms with E-state index >= 15 is 0 Å². The fraction of sp³-hybridized carbons (Fsp3) is 0.143. The zero-order valence-electron chi connectivity index (χ0n) is 11.8. The first-order valence-electron chi connectivity index (χ1n) is 6.35. The van der Waals surface area contributed by atoms with Gasteiger partial charge in [-0.2, -0.15) is 0 Å². The Morgan fingerprint density at radius 2 is 1.95 bits per heavy atom. The summed E-state index contributed by atoms with van der Waals surface area (Å²) in [6.07, 6.45) is 2.75. The van der Waals surface area contributed by atoms with E-state index < -0.39 is 5.91 Å². The van der Waals surface area contributed by atoms with E-state index in [9.17, 15) is 9.59 Å². The van der Waals surface area contributed by atoms with Gasteiger partial charge in [-0.1, -0.05) is 23.7 Å². The van der Waals surface area contributed by atoms with Crippen LogP contribution in [0.15, 0.2) is 36.7 Å². The molecule has 0 saturated heterocycles. The lowest BCUT2D eigenvalue weighted by Gasteiger charge is -2.17. The Labute approximate surface area is 132 Å². The molecule has 0 unspecified atom stereocenters. The van der Waals surface area contributed by atoms with Gasteiger partial charge in [0.1, 0.15) is 0 Å². The Hall–Kier alpha value is -2.67. The number of rotatable bonds is 4. The van der Waals surface area contributed by atoms with E-state index in [1.54, 1.807) is 24.3 Å². The molecule has 1 heterocycles. The second kappa shape index (κ2) is 6.86. The van der Waals surface area contributed by atoms with Crippen LogP contribution in [0, 0.1) is 0 Å². The first-order valence-corrected chi connectivity index (χ1v) is 6.73. The van der Waals surface area contributed by atoms with E-state index in [-0.39, 0.29) is 24.0 Å². The SMILES string of the molecule is CN(CC(=O)Nc1ccccc1Cl)C(=O)c1nccnc1N. The zero-order valence-corrected chi connectivity index (χ0v) is 12.5. The number of likely N-dealkylation sites (N-methyl/N-ethyl adjacent to an activating group) is 1. The molecule has 2 amide bonds. The number of hydrogen-bond donors (Lipinski definition) is 2. The number of nitrogens with one attached hydrogen (secondary N) is 1. The average molecular weight is 320 g/mol.